The third-order valence-electron chi connectivity index (χ3n) is 5.27. The number of pyridine rings is 1. The first-order chi connectivity index (χ1) is 12.1. The quantitative estimate of drug-likeness (QED) is 0.645. The van der Waals surface area contributed by atoms with Gasteiger partial charge in [-0.15, -0.1) is 0 Å². The summed E-state index contributed by atoms with van der Waals surface area (Å²) in [5, 5.41) is 10.1. The Morgan fingerprint density at radius 2 is 2.04 bits per heavy atom. The summed E-state index contributed by atoms with van der Waals surface area (Å²) in [6.07, 6.45) is 5.21. The molecule has 1 saturated heterocycles. The van der Waals surface area contributed by atoms with E-state index in [9.17, 15) is 9.59 Å². The molecule has 0 aliphatic carbocycles. The Kier molecular flexibility index (Phi) is 5.50. The van der Waals surface area contributed by atoms with E-state index in [-0.39, 0.29) is 11.1 Å². The molecule has 1 aromatic heterocycles. The van der Waals surface area contributed by atoms with Crippen LogP contribution in [0.2, 0.25) is 0 Å². The highest BCUT2D eigenvalue weighted by Crippen LogP contribution is 2.21. The van der Waals surface area contributed by atoms with Crippen LogP contribution in [-0.2, 0) is 6.54 Å². The highest BCUT2D eigenvalue weighted by atomic mass is 16.5. The van der Waals surface area contributed by atoms with Crippen molar-refractivity contribution < 1.29 is 10.0 Å². The van der Waals surface area contributed by atoms with Crippen molar-refractivity contribution in [2.24, 2.45) is 5.92 Å². The lowest BCUT2D eigenvalue weighted by atomic mass is 9.93. The molecule has 6 nitrogen and oxygen atoms in total. The van der Waals surface area contributed by atoms with Crippen molar-refractivity contribution in [3.8, 4) is 0 Å². The van der Waals surface area contributed by atoms with Gasteiger partial charge in [-0.3, -0.25) is 14.8 Å². The molecule has 134 valence electrons. The number of nitrogens with one attached hydrogen (secondary N) is 1. The lowest BCUT2D eigenvalue weighted by Gasteiger charge is -2.31. The normalized spacial score (nSPS) is 16.2. The van der Waals surface area contributed by atoms with Crippen LogP contribution >= 0.6 is 0 Å². The van der Waals surface area contributed by atoms with Crippen LogP contribution in [0.5, 0.6) is 0 Å². The van der Waals surface area contributed by atoms with Gasteiger partial charge in [0.15, 0.2) is 0 Å². The van der Waals surface area contributed by atoms with Gasteiger partial charge >= 0.3 is 0 Å². The molecule has 2 N–H and O–H groups in total. The van der Waals surface area contributed by atoms with Crippen LogP contribution in [0.15, 0.2) is 35.3 Å². The van der Waals surface area contributed by atoms with Gasteiger partial charge in [0.25, 0.3) is 11.5 Å². The number of carbonyl (C=O) groups is 1. The Morgan fingerprint density at radius 3 is 2.72 bits per heavy atom. The summed E-state index contributed by atoms with van der Waals surface area (Å²) in [6, 6.07) is 6.77. The molecule has 1 aliphatic rings. The molecule has 2 aromatic rings. The molecule has 1 aliphatic heterocycles. The average molecular weight is 343 g/mol. The zero-order valence-corrected chi connectivity index (χ0v) is 14.6. The highest BCUT2D eigenvalue weighted by molar-refractivity contribution is 5.97. The van der Waals surface area contributed by atoms with E-state index in [2.05, 4.69) is 11.8 Å². The largest absolute Gasteiger partial charge is 0.315 e. The minimum Gasteiger partial charge on any atom is -0.315 e. The summed E-state index contributed by atoms with van der Waals surface area (Å²) in [5.74, 6) is 0.0521. The molecular weight excluding hydrogens is 318 g/mol. The SMILES string of the molecule is CCN1CCC(CCn2ccc3ccc(C(=O)NO)cc3c2=O)CC1. The van der Waals surface area contributed by atoms with Crippen LogP contribution in [0.4, 0.5) is 0 Å². The van der Waals surface area contributed by atoms with E-state index in [1.807, 2.05) is 12.3 Å². The predicted octanol–water partition coefficient (Wildman–Crippen LogP) is 2.24. The third-order valence-corrected chi connectivity index (χ3v) is 5.27. The highest BCUT2D eigenvalue weighted by Gasteiger charge is 2.18. The monoisotopic (exact) mass is 343 g/mol. The Morgan fingerprint density at radius 1 is 1.28 bits per heavy atom. The number of aryl methyl sites for hydroxylation is 1. The maximum Gasteiger partial charge on any atom is 0.274 e. The number of hydroxylamine groups is 1. The second-order valence-corrected chi connectivity index (χ2v) is 6.72. The van der Waals surface area contributed by atoms with E-state index in [1.165, 1.54) is 12.8 Å². The van der Waals surface area contributed by atoms with Crippen molar-refractivity contribution in [3.05, 3.63) is 46.4 Å². The number of likely N-dealkylation sites (tertiary alicyclic amines) is 1. The lowest BCUT2D eigenvalue weighted by Crippen LogP contribution is -2.34. The van der Waals surface area contributed by atoms with Crippen molar-refractivity contribution in [1.29, 1.82) is 0 Å². The van der Waals surface area contributed by atoms with Crippen molar-refractivity contribution in [2.45, 2.75) is 32.7 Å². The van der Waals surface area contributed by atoms with Gasteiger partial charge in [0, 0.05) is 23.7 Å². The maximum absolute atomic E-state index is 12.7. The minimum absolute atomic E-state index is 0.0870. The number of carbonyl (C=O) groups excluding carboxylic acids is 1. The summed E-state index contributed by atoms with van der Waals surface area (Å²) in [6.45, 7) is 6.30. The zero-order chi connectivity index (χ0) is 17.8. The molecular formula is C19H25N3O3. The number of amides is 1. The van der Waals surface area contributed by atoms with E-state index in [0.29, 0.717) is 17.8 Å². The van der Waals surface area contributed by atoms with Gasteiger partial charge in [0.2, 0.25) is 0 Å². The van der Waals surface area contributed by atoms with Crippen LogP contribution in [-0.4, -0.2) is 40.2 Å². The fourth-order valence-corrected chi connectivity index (χ4v) is 3.57. The van der Waals surface area contributed by atoms with Gasteiger partial charge in [0.1, 0.15) is 0 Å². The van der Waals surface area contributed by atoms with Gasteiger partial charge in [-0.25, -0.2) is 5.48 Å². The first-order valence-corrected chi connectivity index (χ1v) is 8.92. The smallest absolute Gasteiger partial charge is 0.274 e. The Balaban J connectivity index is 1.74. The second kappa shape index (κ2) is 7.80. The molecule has 1 aromatic carbocycles. The summed E-state index contributed by atoms with van der Waals surface area (Å²) in [7, 11) is 0. The molecule has 0 bridgehead atoms. The summed E-state index contributed by atoms with van der Waals surface area (Å²) in [5.41, 5.74) is 1.79. The number of hydrogen-bond donors (Lipinski definition) is 2. The average Bonchev–Trinajstić information content (AvgIpc) is 2.67. The first kappa shape index (κ1) is 17.6. The molecule has 3 rings (SSSR count). The van der Waals surface area contributed by atoms with Gasteiger partial charge in [-0.1, -0.05) is 13.0 Å². The Bertz CT molecular complexity index is 807. The fourth-order valence-electron chi connectivity index (χ4n) is 3.57. The number of rotatable bonds is 5. The van der Waals surface area contributed by atoms with E-state index in [0.717, 1.165) is 31.4 Å². The van der Waals surface area contributed by atoms with Crippen molar-refractivity contribution in [1.82, 2.24) is 14.9 Å². The van der Waals surface area contributed by atoms with Crippen LogP contribution in [0.25, 0.3) is 10.8 Å². The van der Waals surface area contributed by atoms with Crippen molar-refractivity contribution >= 4 is 16.7 Å². The molecule has 0 saturated carbocycles. The van der Waals surface area contributed by atoms with Gasteiger partial charge in [-0.2, -0.15) is 0 Å². The minimum atomic E-state index is -0.612. The molecule has 6 heteroatoms. The lowest BCUT2D eigenvalue weighted by molar-refractivity contribution is 0.0706. The van der Waals surface area contributed by atoms with Gasteiger partial charge in [-0.05, 0) is 68.4 Å². The van der Waals surface area contributed by atoms with Gasteiger partial charge < -0.3 is 9.47 Å². The standard InChI is InChI=1S/C19H25N3O3/c1-2-21-9-5-14(6-10-21)7-11-22-12-8-15-3-4-16(18(23)20-25)13-17(15)19(22)24/h3-4,8,12-14,25H,2,5-7,9-11H2,1H3,(H,20,23). The van der Waals surface area contributed by atoms with E-state index < -0.39 is 5.91 Å². The molecule has 0 atom stereocenters. The predicted molar refractivity (Wildman–Crippen MR) is 96.9 cm³/mol. The topological polar surface area (TPSA) is 74.6 Å². The first-order valence-electron chi connectivity index (χ1n) is 8.92. The molecule has 1 fully saturated rings. The van der Waals surface area contributed by atoms with Crippen molar-refractivity contribution in [2.75, 3.05) is 19.6 Å². The Hall–Kier alpha value is -2.18. The number of aromatic nitrogens is 1. The second-order valence-electron chi connectivity index (χ2n) is 6.72. The van der Waals surface area contributed by atoms with Crippen LogP contribution in [0.1, 0.15) is 36.5 Å². The maximum atomic E-state index is 12.7. The van der Waals surface area contributed by atoms with Gasteiger partial charge in [0.05, 0.1) is 0 Å². The summed E-state index contributed by atoms with van der Waals surface area (Å²) >= 11 is 0. The van der Waals surface area contributed by atoms with E-state index in [1.54, 1.807) is 28.2 Å². The number of fused-ring (bicyclic) bond motifs is 1. The Labute approximate surface area is 147 Å². The number of nitrogens with zero attached hydrogens (tertiary/aromatic N) is 2. The third kappa shape index (κ3) is 3.91. The van der Waals surface area contributed by atoms with Crippen LogP contribution < -0.4 is 11.0 Å². The molecule has 2 heterocycles. The van der Waals surface area contributed by atoms with Crippen molar-refractivity contribution in [3.63, 3.8) is 0 Å². The van der Waals surface area contributed by atoms with E-state index >= 15 is 0 Å². The molecule has 1 amide bonds. The van der Waals surface area contributed by atoms with E-state index in [4.69, 9.17) is 5.21 Å². The summed E-state index contributed by atoms with van der Waals surface area (Å²) in [4.78, 5) is 26.8. The van der Waals surface area contributed by atoms with Crippen LogP contribution in [0.3, 0.4) is 0 Å². The van der Waals surface area contributed by atoms with Crippen LogP contribution in [0, 0.1) is 5.92 Å². The molecule has 0 radical (unpaired) electrons. The zero-order valence-electron chi connectivity index (χ0n) is 14.6. The summed E-state index contributed by atoms with van der Waals surface area (Å²) < 4.78 is 1.73. The number of hydrogen-bond acceptors (Lipinski definition) is 4. The fraction of sp³-hybridized carbons (Fsp3) is 0.474. The number of benzene rings is 1. The molecule has 25 heavy (non-hydrogen) atoms. The molecule has 0 spiro atoms. The number of piperidine rings is 1. The molecule has 0 unspecified atom stereocenters.